The molecule has 2 aromatic rings. The van der Waals surface area contributed by atoms with Crippen molar-refractivity contribution >= 4 is 11.4 Å². The molecule has 0 saturated carbocycles. The van der Waals surface area contributed by atoms with E-state index in [1.54, 1.807) is 0 Å². The molecule has 4 N–H and O–H groups in total. The molecule has 0 aromatic heterocycles. The fraction of sp³-hybridized carbons (Fsp3) is 0. The van der Waals surface area contributed by atoms with E-state index in [1.165, 1.54) is 12.1 Å². The molecule has 0 aliphatic heterocycles. The van der Waals surface area contributed by atoms with Gasteiger partial charge in [0, 0.05) is 5.69 Å². The van der Waals surface area contributed by atoms with Crippen LogP contribution in [0.2, 0.25) is 0 Å². The van der Waals surface area contributed by atoms with Crippen LogP contribution in [0.3, 0.4) is 0 Å². The Hall–Kier alpha value is -2.51. The number of hydrogen-bond acceptors (Lipinski definition) is 3. The Kier molecular flexibility index (Phi) is 3.39. The summed E-state index contributed by atoms with van der Waals surface area (Å²) in [7, 11) is 0. The van der Waals surface area contributed by atoms with Crippen molar-refractivity contribution in [3.63, 3.8) is 0 Å². The summed E-state index contributed by atoms with van der Waals surface area (Å²) in [5.74, 6) is -12.4. The van der Waals surface area contributed by atoms with Crippen LogP contribution < -0.4 is 16.2 Å². The van der Waals surface area contributed by atoms with Gasteiger partial charge >= 0.3 is 0 Å². The molecular formula is C12H7F5N2O. The number of nitrogen functional groups attached to an aromatic ring is 2. The third-order valence-corrected chi connectivity index (χ3v) is 2.42. The van der Waals surface area contributed by atoms with Gasteiger partial charge in [-0.05, 0) is 18.2 Å². The van der Waals surface area contributed by atoms with Gasteiger partial charge in [-0.25, -0.2) is 13.2 Å². The van der Waals surface area contributed by atoms with Crippen LogP contribution >= 0.6 is 0 Å². The quantitative estimate of drug-likeness (QED) is 0.386. The lowest BCUT2D eigenvalue weighted by atomic mass is 10.2. The maximum Gasteiger partial charge on any atom is 0.207 e. The second-order valence-corrected chi connectivity index (χ2v) is 3.80. The van der Waals surface area contributed by atoms with Gasteiger partial charge in [0.1, 0.15) is 0 Å². The van der Waals surface area contributed by atoms with E-state index >= 15 is 0 Å². The van der Waals surface area contributed by atoms with Crippen LogP contribution in [0.5, 0.6) is 11.5 Å². The number of halogens is 5. The fourth-order valence-corrected chi connectivity index (χ4v) is 1.44. The largest absolute Gasteiger partial charge is 0.449 e. The molecule has 0 aliphatic rings. The molecular weight excluding hydrogens is 283 g/mol. The smallest absolute Gasteiger partial charge is 0.207 e. The van der Waals surface area contributed by atoms with Gasteiger partial charge in [0.05, 0.1) is 5.69 Å². The molecule has 0 unspecified atom stereocenters. The molecule has 0 amide bonds. The Morgan fingerprint density at radius 3 is 1.75 bits per heavy atom. The van der Waals surface area contributed by atoms with E-state index in [-0.39, 0.29) is 17.1 Å². The molecule has 3 nitrogen and oxygen atoms in total. The zero-order chi connectivity index (χ0) is 15.0. The van der Waals surface area contributed by atoms with Crippen LogP contribution in [-0.2, 0) is 0 Å². The summed E-state index contributed by atoms with van der Waals surface area (Å²) >= 11 is 0. The van der Waals surface area contributed by atoms with E-state index < -0.39 is 34.8 Å². The first-order valence-electron chi connectivity index (χ1n) is 5.17. The van der Waals surface area contributed by atoms with Crippen molar-refractivity contribution in [3.05, 3.63) is 47.3 Å². The molecule has 0 radical (unpaired) electrons. The number of benzene rings is 2. The molecule has 20 heavy (non-hydrogen) atoms. The predicted octanol–water partition coefficient (Wildman–Crippen LogP) is 3.34. The summed E-state index contributed by atoms with van der Waals surface area (Å²) in [6.07, 6.45) is 0. The Morgan fingerprint density at radius 2 is 1.25 bits per heavy atom. The Labute approximate surface area is 109 Å². The van der Waals surface area contributed by atoms with E-state index in [9.17, 15) is 22.0 Å². The van der Waals surface area contributed by atoms with Crippen molar-refractivity contribution < 1.29 is 26.7 Å². The van der Waals surface area contributed by atoms with Crippen LogP contribution in [0, 0.1) is 29.1 Å². The van der Waals surface area contributed by atoms with Crippen molar-refractivity contribution in [2.75, 3.05) is 11.5 Å². The summed E-state index contributed by atoms with van der Waals surface area (Å²) in [4.78, 5) is 0. The molecule has 2 rings (SSSR count). The van der Waals surface area contributed by atoms with E-state index in [2.05, 4.69) is 4.74 Å². The number of anilines is 2. The topological polar surface area (TPSA) is 61.3 Å². The SMILES string of the molecule is Nc1ccc(Oc2c(F)c(F)c(F)c(F)c2F)c(N)c1. The normalized spacial score (nSPS) is 10.7. The number of hydrogen-bond donors (Lipinski definition) is 2. The minimum absolute atomic E-state index is 0.117. The van der Waals surface area contributed by atoms with Gasteiger partial charge in [0.25, 0.3) is 0 Å². The van der Waals surface area contributed by atoms with E-state index in [0.717, 1.165) is 6.07 Å². The Bertz CT molecular complexity index is 661. The van der Waals surface area contributed by atoms with Gasteiger partial charge in [-0.3, -0.25) is 0 Å². The van der Waals surface area contributed by atoms with Crippen molar-refractivity contribution in [2.45, 2.75) is 0 Å². The summed E-state index contributed by atoms with van der Waals surface area (Å²) in [6, 6.07) is 3.64. The molecule has 0 aliphatic carbocycles. The molecule has 0 spiro atoms. The van der Waals surface area contributed by atoms with Gasteiger partial charge in [-0.2, -0.15) is 8.78 Å². The molecule has 0 saturated heterocycles. The number of rotatable bonds is 2. The highest BCUT2D eigenvalue weighted by atomic mass is 19.2. The number of nitrogens with two attached hydrogens (primary N) is 2. The van der Waals surface area contributed by atoms with Crippen LogP contribution in [0.25, 0.3) is 0 Å². The first kappa shape index (κ1) is 13.9. The van der Waals surface area contributed by atoms with Gasteiger partial charge in [0.2, 0.25) is 34.8 Å². The van der Waals surface area contributed by atoms with E-state index in [1.807, 2.05) is 0 Å². The van der Waals surface area contributed by atoms with Gasteiger partial charge < -0.3 is 16.2 Å². The van der Waals surface area contributed by atoms with Crippen LogP contribution in [0.4, 0.5) is 33.3 Å². The first-order chi connectivity index (χ1) is 9.32. The maximum absolute atomic E-state index is 13.4. The van der Waals surface area contributed by atoms with E-state index in [4.69, 9.17) is 11.5 Å². The summed E-state index contributed by atoms with van der Waals surface area (Å²) in [6.45, 7) is 0. The zero-order valence-electron chi connectivity index (χ0n) is 9.68. The molecule has 0 heterocycles. The second kappa shape index (κ2) is 4.87. The average Bonchev–Trinajstić information content (AvgIpc) is 2.41. The fourth-order valence-electron chi connectivity index (χ4n) is 1.44. The predicted molar refractivity (Wildman–Crippen MR) is 61.6 cm³/mol. The molecule has 2 aromatic carbocycles. The summed E-state index contributed by atoms with van der Waals surface area (Å²) < 4.78 is 70.2. The van der Waals surface area contributed by atoms with Gasteiger partial charge in [-0.1, -0.05) is 0 Å². The van der Waals surface area contributed by atoms with Crippen molar-refractivity contribution in [3.8, 4) is 11.5 Å². The zero-order valence-corrected chi connectivity index (χ0v) is 9.68. The number of ether oxygens (including phenoxy) is 1. The lowest BCUT2D eigenvalue weighted by molar-refractivity contribution is 0.332. The molecule has 0 fully saturated rings. The highest BCUT2D eigenvalue weighted by Gasteiger charge is 2.27. The van der Waals surface area contributed by atoms with Crippen LogP contribution in [-0.4, -0.2) is 0 Å². The standard InChI is InChI=1S/C12H7F5N2O/c13-7-8(14)10(16)12(11(17)9(7)15)20-6-2-1-4(18)3-5(6)19/h1-3H,18-19H2. The minimum atomic E-state index is -2.27. The van der Waals surface area contributed by atoms with Crippen molar-refractivity contribution in [2.24, 2.45) is 0 Å². The maximum atomic E-state index is 13.4. The average molecular weight is 290 g/mol. The molecule has 0 bridgehead atoms. The highest BCUT2D eigenvalue weighted by Crippen LogP contribution is 2.35. The third kappa shape index (κ3) is 2.20. The highest BCUT2D eigenvalue weighted by molar-refractivity contribution is 5.61. The first-order valence-corrected chi connectivity index (χ1v) is 5.17. The molecule has 8 heteroatoms. The molecule has 0 atom stereocenters. The van der Waals surface area contributed by atoms with Crippen LogP contribution in [0.15, 0.2) is 18.2 Å². The molecule has 106 valence electrons. The van der Waals surface area contributed by atoms with Crippen molar-refractivity contribution in [1.82, 2.24) is 0 Å². The minimum Gasteiger partial charge on any atom is -0.449 e. The Balaban J connectivity index is 2.54. The van der Waals surface area contributed by atoms with Gasteiger partial charge in [0.15, 0.2) is 5.75 Å². The van der Waals surface area contributed by atoms with Crippen LogP contribution in [0.1, 0.15) is 0 Å². The second-order valence-electron chi connectivity index (χ2n) is 3.80. The third-order valence-electron chi connectivity index (χ3n) is 2.42. The lowest BCUT2D eigenvalue weighted by Crippen LogP contribution is -2.05. The Morgan fingerprint density at radius 1 is 0.750 bits per heavy atom. The van der Waals surface area contributed by atoms with E-state index in [0.29, 0.717) is 0 Å². The lowest BCUT2D eigenvalue weighted by Gasteiger charge is -2.11. The van der Waals surface area contributed by atoms with Crippen molar-refractivity contribution in [1.29, 1.82) is 0 Å². The monoisotopic (exact) mass is 290 g/mol. The van der Waals surface area contributed by atoms with Gasteiger partial charge in [-0.15, -0.1) is 0 Å². The summed E-state index contributed by atoms with van der Waals surface area (Å²) in [5, 5.41) is 0. The summed E-state index contributed by atoms with van der Waals surface area (Å²) in [5.41, 5.74) is 11.0.